The average molecular weight is 390 g/mol. The first-order chi connectivity index (χ1) is 13.2. The number of aromatic amines is 2. The highest BCUT2D eigenvalue weighted by Crippen LogP contribution is 2.20. The third kappa shape index (κ3) is 4.99. The van der Waals surface area contributed by atoms with E-state index in [9.17, 15) is 34.7 Å². The maximum absolute atomic E-state index is 12.1. The van der Waals surface area contributed by atoms with Crippen LogP contribution in [0.4, 0.5) is 5.69 Å². The number of H-pyrrole nitrogens is 2. The molecule has 0 aliphatic rings. The predicted octanol–water partition coefficient (Wildman–Crippen LogP) is -0.496. The molecule has 0 aliphatic carbocycles. The zero-order valence-corrected chi connectivity index (χ0v) is 14.7. The number of hydrogen-bond acceptors (Lipinski definition) is 7. The van der Waals surface area contributed by atoms with E-state index in [1.807, 2.05) is 4.98 Å². The minimum Gasteiger partial charge on any atom is -0.394 e. The van der Waals surface area contributed by atoms with Gasteiger partial charge in [-0.05, 0) is 30.7 Å². The molecule has 0 saturated heterocycles. The molecule has 11 heteroatoms. The van der Waals surface area contributed by atoms with Crippen LogP contribution in [0.5, 0.6) is 0 Å². The van der Waals surface area contributed by atoms with E-state index >= 15 is 0 Å². The Morgan fingerprint density at radius 2 is 1.93 bits per heavy atom. The zero-order valence-electron chi connectivity index (χ0n) is 14.7. The largest absolute Gasteiger partial charge is 0.394 e. The number of carbonyl (C=O) groups excluding carboxylic acids is 1. The van der Waals surface area contributed by atoms with Gasteiger partial charge < -0.3 is 20.5 Å². The van der Waals surface area contributed by atoms with Crippen LogP contribution in [-0.2, 0) is 4.79 Å². The second-order valence-electron chi connectivity index (χ2n) is 5.87. The Hall–Kier alpha value is -3.57. The summed E-state index contributed by atoms with van der Waals surface area (Å²) in [7, 11) is 0. The second kappa shape index (κ2) is 8.88. The molecule has 1 heterocycles. The van der Waals surface area contributed by atoms with Crippen LogP contribution in [0.3, 0.4) is 0 Å². The minimum atomic E-state index is -1.32. The van der Waals surface area contributed by atoms with Crippen LogP contribution in [-0.4, -0.2) is 43.7 Å². The lowest BCUT2D eigenvalue weighted by atomic mass is 10.0. The molecular formula is C17H18N4O7. The molecule has 0 unspecified atom stereocenters. The molecule has 1 amide bonds. The van der Waals surface area contributed by atoms with Gasteiger partial charge in [0.05, 0.1) is 23.1 Å². The number of nitrogens with zero attached hydrogens (tertiary/aromatic N) is 1. The Bertz CT molecular complexity index is 1010. The summed E-state index contributed by atoms with van der Waals surface area (Å²) in [6.45, 7) is 0.888. The van der Waals surface area contributed by atoms with E-state index in [-0.39, 0.29) is 22.5 Å². The summed E-state index contributed by atoms with van der Waals surface area (Å²) in [5, 5.41) is 32.8. The van der Waals surface area contributed by atoms with Crippen molar-refractivity contribution in [1.29, 1.82) is 0 Å². The van der Waals surface area contributed by atoms with Crippen molar-refractivity contribution in [3.05, 3.63) is 78.1 Å². The average Bonchev–Trinajstić information content (AvgIpc) is 2.64. The fourth-order valence-electron chi connectivity index (χ4n) is 2.45. The van der Waals surface area contributed by atoms with Crippen molar-refractivity contribution in [3.63, 3.8) is 0 Å². The second-order valence-corrected chi connectivity index (χ2v) is 5.87. The van der Waals surface area contributed by atoms with Crippen LogP contribution < -0.4 is 16.6 Å². The zero-order chi connectivity index (χ0) is 20.8. The smallest absolute Gasteiger partial charge is 0.325 e. The highest BCUT2D eigenvalue weighted by molar-refractivity contribution is 5.92. The quantitative estimate of drug-likeness (QED) is 0.240. The number of rotatable bonds is 7. The molecule has 148 valence electrons. The van der Waals surface area contributed by atoms with Gasteiger partial charge in [0.25, 0.3) is 11.2 Å². The first-order valence-electron chi connectivity index (χ1n) is 8.08. The molecule has 2 rings (SSSR count). The van der Waals surface area contributed by atoms with E-state index in [1.165, 1.54) is 37.3 Å². The van der Waals surface area contributed by atoms with Crippen molar-refractivity contribution in [2.45, 2.75) is 19.1 Å². The minimum absolute atomic E-state index is 0.0752. The molecule has 0 radical (unpaired) electrons. The molecule has 0 spiro atoms. The van der Waals surface area contributed by atoms with Gasteiger partial charge in [-0.3, -0.25) is 24.7 Å². The highest BCUT2D eigenvalue weighted by atomic mass is 16.6. The number of carbonyl (C=O) groups is 1. The van der Waals surface area contributed by atoms with Gasteiger partial charge in [-0.15, -0.1) is 0 Å². The summed E-state index contributed by atoms with van der Waals surface area (Å²) in [5.41, 5.74) is -0.897. The number of aromatic nitrogens is 2. The third-order valence-corrected chi connectivity index (χ3v) is 3.93. The van der Waals surface area contributed by atoms with Crippen LogP contribution in [0.2, 0.25) is 0 Å². The molecule has 1 aromatic heterocycles. The van der Waals surface area contributed by atoms with Crippen LogP contribution >= 0.6 is 0 Å². The summed E-state index contributed by atoms with van der Waals surface area (Å²) in [5.74, 6) is -0.704. The number of non-ortho nitro benzene ring substituents is 1. The molecule has 5 N–H and O–H groups in total. The number of aliphatic hydroxyl groups excluding tert-OH is 2. The number of nitro benzene ring substituents is 1. The van der Waals surface area contributed by atoms with Gasteiger partial charge >= 0.3 is 5.69 Å². The lowest BCUT2D eigenvalue weighted by Crippen LogP contribution is -2.41. The lowest BCUT2D eigenvalue weighted by molar-refractivity contribution is -0.384. The number of nitrogens with one attached hydrogen (secondary N) is 3. The fraction of sp³-hybridized carbons (Fsp3) is 0.235. The molecule has 0 fully saturated rings. The van der Waals surface area contributed by atoms with Crippen molar-refractivity contribution in [2.24, 2.45) is 0 Å². The van der Waals surface area contributed by atoms with Crippen molar-refractivity contribution in [1.82, 2.24) is 15.3 Å². The standard InChI is InChI=1S/C17H18N4O7/c1-9-12(16(25)20-17(26)18-9)6-7-14(23)19-13(8-22)15(24)10-2-4-11(5-3-10)21(27)28/h2-7,13,15,22,24H,8H2,1H3,(H,19,23)(H2,18,20,25,26)/t13-,15-/m1/s1. The summed E-state index contributed by atoms with van der Waals surface area (Å²) in [6, 6.07) is 3.93. The summed E-state index contributed by atoms with van der Waals surface area (Å²) in [4.78, 5) is 49.4. The number of aliphatic hydroxyl groups is 2. The van der Waals surface area contributed by atoms with Gasteiger partial charge in [0.1, 0.15) is 6.10 Å². The Morgan fingerprint density at radius 1 is 1.29 bits per heavy atom. The van der Waals surface area contributed by atoms with Crippen LogP contribution in [0.15, 0.2) is 39.9 Å². The molecule has 0 bridgehead atoms. The van der Waals surface area contributed by atoms with Crippen molar-refractivity contribution in [3.8, 4) is 0 Å². The van der Waals surface area contributed by atoms with Gasteiger partial charge in [0, 0.05) is 23.9 Å². The van der Waals surface area contributed by atoms with E-state index in [4.69, 9.17) is 0 Å². The molecular weight excluding hydrogens is 372 g/mol. The monoisotopic (exact) mass is 390 g/mol. The molecule has 2 atom stereocenters. The number of benzene rings is 1. The Balaban J connectivity index is 2.11. The van der Waals surface area contributed by atoms with Crippen LogP contribution in [0.25, 0.3) is 6.08 Å². The van der Waals surface area contributed by atoms with Gasteiger partial charge in [-0.1, -0.05) is 0 Å². The van der Waals surface area contributed by atoms with E-state index in [0.29, 0.717) is 0 Å². The third-order valence-electron chi connectivity index (χ3n) is 3.93. The van der Waals surface area contributed by atoms with Crippen molar-refractivity contribution < 1.29 is 19.9 Å². The molecule has 28 heavy (non-hydrogen) atoms. The van der Waals surface area contributed by atoms with E-state index in [1.54, 1.807) is 0 Å². The first kappa shape index (κ1) is 20.7. The molecule has 2 aromatic rings. The molecule has 11 nitrogen and oxygen atoms in total. The Morgan fingerprint density at radius 3 is 2.46 bits per heavy atom. The molecule has 1 aromatic carbocycles. The maximum Gasteiger partial charge on any atom is 0.325 e. The van der Waals surface area contributed by atoms with Gasteiger partial charge in [-0.25, -0.2) is 4.79 Å². The van der Waals surface area contributed by atoms with Crippen molar-refractivity contribution in [2.75, 3.05) is 6.61 Å². The van der Waals surface area contributed by atoms with Gasteiger partial charge in [0.2, 0.25) is 5.91 Å². The molecule has 0 aliphatic heterocycles. The van der Waals surface area contributed by atoms with E-state index < -0.39 is 40.8 Å². The number of hydrogen-bond donors (Lipinski definition) is 5. The van der Waals surface area contributed by atoms with Crippen LogP contribution in [0, 0.1) is 17.0 Å². The Labute approximate surface area is 157 Å². The van der Waals surface area contributed by atoms with Crippen molar-refractivity contribution >= 4 is 17.7 Å². The predicted molar refractivity (Wildman–Crippen MR) is 98.5 cm³/mol. The topological polar surface area (TPSA) is 178 Å². The number of nitro groups is 1. The first-order valence-corrected chi connectivity index (χ1v) is 8.08. The summed E-state index contributed by atoms with van der Waals surface area (Å²) in [6.07, 6.45) is 0.883. The normalized spacial score (nSPS) is 13.2. The SMILES string of the molecule is Cc1[nH]c(=O)[nH]c(=O)c1C=CC(=O)N[C@H](CO)[C@H](O)c1ccc([N+](=O)[O-])cc1. The van der Waals surface area contributed by atoms with Gasteiger partial charge in [0.15, 0.2) is 0 Å². The number of aryl methyl sites for hydroxylation is 1. The van der Waals surface area contributed by atoms with Gasteiger partial charge in [-0.2, -0.15) is 0 Å². The maximum atomic E-state index is 12.1. The number of amides is 1. The van der Waals surface area contributed by atoms with E-state index in [2.05, 4.69) is 10.3 Å². The van der Waals surface area contributed by atoms with E-state index in [0.717, 1.165) is 6.08 Å². The lowest BCUT2D eigenvalue weighted by Gasteiger charge is -2.21. The summed E-state index contributed by atoms with van der Waals surface area (Å²) < 4.78 is 0. The highest BCUT2D eigenvalue weighted by Gasteiger charge is 2.22. The summed E-state index contributed by atoms with van der Waals surface area (Å²) >= 11 is 0. The Kier molecular flexibility index (Phi) is 6.58. The fourth-order valence-corrected chi connectivity index (χ4v) is 2.45. The molecule has 0 saturated carbocycles. The van der Waals surface area contributed by atoms with Crippen LogP contribution in [0.1, 0.15) is 22.9 Å².